The zero-order valence-corrected chi connectivity index (χ0v) is 20.3. The van der Waals surface area contributed by atoms with Crippen molar-refractivity contribution in [1.82, 2.24) is 10.7 Å². The number of rotatable bonds is 15. The zero-order valence-electron chi connectivity index (χ0n) is 19.5. The Morgan fingerprint density at radius 1 is 0.968 bits per heavy atom. The van der Waals surface area contributed by atoms with Crippen LogP contribution < -0.4 is 16.6 Å². The third-order valence-electron chi connectivity index (χ3n) is 4.66. The van der Waals surface area contributed by atoms with E-state index in [9.17, 15) is 14.4 Å². The van der Waals surface area contributed by atoms with E-state index in [1.807, 2.05) is 0 Å². The van der Waals surface area contributed by atoms with Crippen LogP contribution >= 0.6 is 11.8 Å². The molecule has 0 heterocycles. The molecule has 0 aromatic carbocycles. The van der Waals surface area contributed by atoms with E-state index in [1.54, 1.807) is 0 Å². The van der Waals surface area contributed by atoms with Crippen molar-refractivity contribution in [2.45, 2.75) is 72.8 Å². The first kappa shape index (κ1) is 28.9. The maximum atomic E-state index is 12.1. The van der Waals surface area contributed by atoms with Gasteiger partial charge in [0.15, 0.2) is 0 Å². The van der Waals surface area contributed by atoms with Gasteiger partial charge in [0.25, 0.3) is 5.91 Å². The molecule has 0 spiro atoms. The number of allylic oxidation sites excluding steroid dienone is 5. The number of hydrazine groups is 1. The van der Waals surface area contributed by atoms with Crippen LogP contribution in [0.5, 0.6) is 0 Å². The van der Waals surface area contributed by atoms with Gasteiger partial charge in [-0.25, -0.2) is 5.84 Å². The van der Waals surface area contributed by atoms with E-state index in [2.05, 4.69) is 56.7 Å². The molecule has 0 bridgehead atoms. The fraction of sp³-hybridized carbons (Fsp3) is 0.609. The van der Waals surface area contributed by atoms with Crippen LogP contribution in [0, 0.1) is 5.92 Å². The lowest BCUT2D eigenvalue weighted by atomic mass is 10.1. The third kappa shape index (κ3) is 15.4. The largest absolute Gasteiger partial charge is 0.481 e. The first-order chi connectivity index (χ1) is 14.6. The molecule has 0 aliphatic carbocycles. The van der Waals surface area contributed by atoms with E-state index in [1.165, 1.54) is 35.4 Å². The minimum atomic E-state index is -1.06. The van der Waals surface area contributed by atoms with Crippen LogP contribution in [0.2, 0.25) is 0 Å². The number of carbonyl (C=O) groups excluding carboxylic acids is 2. The van der Waals surface area contributed by atoms with Gasteiger partial charge in [0.1, 0.15) is 6.04 Å². The number of carbonyl (C=O) groups is 3. The average Bonchev–Trinajstić information content (AvgIpc) is 2.68. The summed E-state index contributed by atoms with van der Waals surface area (Å²) < 4.78 is 0. The first-order valence-electron chi connectivity index (χ1n) is 10.6. The Hall–Kier alpha value is -2.06. The summed E-state index contributed by atoms with van der Waals surface area (Å²) >= 11 is 1.51. The molecule has 31 heavy (non-hydrogen) atoms. The lowest BCUT2D eigenvalue weighted by Crippen LogP contribution is -2.51. The Bertz CT molecular complexity index is 682. The maximum Gasteiger partial charge on any atom is 0.304 e. The van der Waals surface area contributed by atoms with Crippen molar-refractivity contribution in [1.29, 1.82) is 0 Å². The number of aliphatic carboxylic acids is 1. The summed E-state index contributed by atoms with van der Waals surface area (Å²) in [5.41, 5.74) is 6.08. The van der Waals surface area contributed by atoms with Crippen LogP contribution in [0.25, 0.3) is 0 Å². The van der Waals surface area contributed by atoms with E-state index in [-0.39, 0.29) is 6.42 Å². The molecular weight excluding hydrogens is 414 g/mol. The zero-order chi connectivity index (χ0) is 23.8. The summed E-state index contributed by atoms with van der Waals surface area (Å²) in [5.74, 6) is 3.50. The van der Waals surface area contributed by atoms with Crippen molar-refractivity contribution in [3.63, 3.8) is 0 Å². The summed E-state index contributed by atoms with van der Waals surface area (Å²) in [7, 11) is 0. The summed E-state index contributed by atoms with van der Waals surface area (Å²) in [6, 6.07) is -0.807. The van der Waals surface area contributed by atoms with E-state index < -0.39 is 29.7 Å². The van der Waals surface area contributed by atoms with Crippen LogP contribution in [0.3, 0.4) is 0 Å². The molecule has 2 atom stereocenters. The Morgan fingerprint density at radius 3 is 2.10 bits per heavy atom. The molecule has 2 amide bonds. The van der Waals surface area contributed by atoms with Gasteiger partial charge >= 0.3 is 5.97 Å². The third-order valence-corrected chi connectivity index (χ3v) is 5.63. The quantitative estimate of drug-likeness (QED) is 0.0985. The molecule has 0 radical (unpaired) electrons. The number of nitrogens with one attached hydrogen (secondary N) is 2. The highest BCUT2D eigenvalue weighted by molar-refractivity contribution is 7.99. The highest BCUT2D eigenvalue weighted by Gasteiger charge is 2.24. The molecule has 0 fully saturated rings. The molecule has 0 rings (SSSR count). The fourth-order valence-electron chi connectivity index (χ4n) is 2.68. The molecule has 7 nitrogen and oxygen atoms in total. The second-order valence-corrected chi connectivity index (χ2v) is 9.14. The number of thioether (sulfide) groups is 1. The standard InChI is InChI=1S/C23H39N3O4S/c1-16(2)8-6-9-17(3)10-7-11-18(4)12-13-31-15-20(23(30)26-24)25-22(29)19(5)14-21(27)28/h8,10,12,19-20H,6-7,9,11,13-15,24H2,1-5H3,(H,25,29)(H,26,30)(H,27,28)/t19-,20?/m1/s1. The second kappa shape index (κ2) is 16.6. The monoisotopic (exact) mass is 453 g/mol. The molecule has 0 aromatic heterocycles. The fourth-order valence-corrected chi connectivity index (χ4v) is 3.69. The topological polar surface area (TPSA) is 122 Å². The minimum absolute atomic E-state index is 0.291. The number of hydrogen-bond acceptors (Lipinski definition) is 5. The molecule has 176 valence electrons. The van der Waals surface area contributed by atoms with E-state index in [0.29, 0.717) is 11.5 Å². The van der Waals surface area contributed by atoms with Gasteiger partial charge < -0.3 is 10.4 Å². The Labute approximate surface area is 191 Å². The average molecular weight is 454 g/mol. The van der Waals surface area contributed by atoms with Crippen molar-refractivity contribution in [3.8, 4) is 0 Å². The molecule has 0 aromatic rings. The van der Waals surface area contributed by atoms with Crippen LogP contribution in [0.4, 0.5) is 0 Å². The number of carboxylic acid groups (broad SMARTS) is 1. The highest BCUT2D eigenvalue weighted by atomic mass is 32.2. The molecular formula is C23H39N3O4S. The van der Waals surface area contributed by atoms with Gasteiger partial charge in [-0.2, -0.15) is 11.8 Å². The van der Waals surface area contributed by atoms with E-state index >= 15 is 0 Å². The molecule has 8 heteroatoms. The molecule has 0 aliphatic heterocycles. The van der Waals surface area contributed by atoms with Crippen LogP contribution in [0.15, 0.2) is 34.9 Å². The van der Waals surface area contributed by atoms with Gasteiger partial charge in [0.05, 0.1) is 6.42 Å². The minimum Gasteiger partial charge on any atom is -0.481 e. The molecule has 0 saturated heterocycles. The van der Waals surface area contributed by atoms with Gasteiger partial charge in [-0.3, -0.25) is 19.8 Å². The number of nitrogens with two attached hydrogens (primary N) is 1. The van der Waals surface area contributed by atoms with Crippen molar-refractivity contribution >= 4 is 29.5 Å². The summed E-state index contributed by atoms with van der Waals surface area (Å²) in [6.07, 6.45) is 10.5. The summed E-state index contributed by atoms with van der Waals surface area (Å²) in [4.78, 5) is 34.8. The molecule has 1 unspecified atom stereocenters. The molecule has 0 saturated carbocycles. The summed E-state index contributed by atoms with van der Waals surface area (Å²) in [6.45, 7) is 10.00. The first-order valence-corrected chi connectivity index (χ1v) is 11.8. The highest BCUT2D eigenvalue weighted by Crippen LogP contribution is 2.13. The van der Waals surface area contributed by atoms with Gasteiger partial charge in [0, 0.05) is 17.4 Å². The van der Waals surface area contributed by atoms with Gasteiger partial charge in [0.2, 0.25) is 5.91 Å². The Morgan fingerprint density at radius 2 is 1.55 bits per heavy atom. The Balaban J connectivity index is 4.43. The molecule has 5 N–H and O–H groups in total. The predicted octanol–water partition coefficient (Wildman–Crippen LogP) is 3.72. The second-order valence-electron chi connectivity index (χ2n) is 8.07. The lowest BCUT2D eigenvalue weighted by Gasteiger charge is -2.18. The number of amides is 2. The van der Waals surface area contributed by atoms with Gasteiger partial charge in [-0.05, 0) is 53.4 Å². The van der Waals surface area contributed by atoms with Crippen molar-refractivity contribution in [3.05, 3.63) is 34.9 Å². The maximum absolute atomic E-state index is 12.1. The Kier molecular flexibility index (Phi) is 15.5. The number of carboxylic acids is 1. The van der Waals surface area contributed by atoms with Crippen molar-refractivity contribution < 1.29 is 19.5 Å². The number of hydrogen-bond donors (Lipinski definition) is 4. The van der Waals surface area contributed by atoms with Crippen molar-refractivity contribution in [2.75, 3.05) is 11.5 Å². The molecule has 0 aliphatic rings. The van der Waals surface area contributed by atoms with Gasteiger partial charge in [-0.1, -0.05) is 41.9 Å². The van der Waals surface area contributed by atoms with Crippen LogP contribution in [-0.2, 0) is 14.4 Å². The lowest BCUT2D eigenvalue weighted by molar-refractivity contribution is -0.141. The smallest absolute Gasteiger partial charge is 0.304 e. The van der Waals surface area contributed by atoms with E-state index in [4.69, 9.17) is 10.9 Å². The SMILES string of the molecule is CC(C)=CCCC(C)=CCCC(C)=CCSCC(NC(=O)[C@H](C)CC(=O)O)C(=O)NN. The van der Waals surface area contributed by atoms with Gasteiger partial charge in [-0.15, -0.1) is 0 Å². The van der Waals surface area contributed by atoms with Crippen LogP contribution in [0.1, 0.15) is 66.7 Å². The van der Waals surface area contributed by atoms with Crippen LogP contribution in [-0.4, -0.2) is 40.4 Å². The predicted molar refractivity (Wildman–Crippen MR) is 128 cm³/mol. The normalized spacial score (nSPS) is 13.9. The van der Waals surface area contributed by atoms with Crippen molar-refractivity contribution in [2.24, 2.45) is 11.8 Å². The summed E-state index contributed by atoms with van der Waals surface area (Å²) in [5, 5.41) is 11.4. The van der Waals surface area contributed by atoms with E-state index in [0.717, 1.165) is 25.7 Å².